The number of ether oxygens (including phenoxy) is 1. The molecule has 4 rings (SSSR count). The maximum atomic E-state index is 13.5. The van der Waals surface area contributed by atoms with E-state index < -0.39 is 51.4 Å². The molecule has 13 nitrogen and oxygen atoms in total. The summed E-state index contributed by atoms with van der Waals surface area (Å²) in [5.41, 5.74) is -0.227. The van der Waals surface area contributed by atoms with Gasteiger partial charge in [0, 0.05) is 12.5 Å². The SMILES string of the molecule is Cc1ccc(-c2cc(C(F)(F)F)nn2-c2ccc(S(=O)(=O)NC(=O)C3CCN(/[N+]([O-])=N\OC(C)OC(=O)C(C)(C)C)C3)cc2)cc1. The van der Waals surface area contributed by atoms with Crippen LogP contribution in [-0.2, 0) is 35.4 Å². The second kappa shape index (κ2) is 13.0. The van der Waals surface area contributed by atoms with Crippen LogP contribution >= 0.6 is 0 Å². The number of hydrogen-bond donors (Lipinski definition) is 1. The molecule has 17 heteroatoms. The summed E-state index contributed by atoms with van der Waals surface area (Å²) in [6, 6.07) is 12.5. The Morgan fingerprint density at radius 2 is 1.74 bits per heavy atom. The van der Waals surface area contributed by atoms with Crippen LogP contribution in [0.5, 0.6) is 0 Å². The van der Waals surface area contributed by atoms with Crippen LogP contribution in [0.15, 0.2) is 64.8 Å². The van der Waals surface area contributed by atoms with Crippen LogP contribution in [0, 0.1) is 23.5 Å². The number of halogens is 3. The highest BCUT2D eigenvalue weighted by atomic mass is 32.2. The summed E-state index contributed by atoms with van der Waals surface area (Å²) in [7, 11) is -4.38. The quantitative estimate of drug-likeness (QED) is 0.112. The minimum Gasteiger partial charge on any atom is -0.569 e. The molecule has 2 heterocycles. The van der Waals surface area contributed by atoms with Crippen molar-refractivity contribution in [1.82, 2.24) is 19.5 Å². The Hall–Kier alpha value is -4.67. The van der Waals surface area contributed by atoms with Gasteiger partial charge in [0.1, 0.15) is 0 Å². The third-order valence-corrected chi connectivity index (χ3v) is 8.27. The van der Waals surface area contributed by atoms with Crippen molar-refractivity contribution < 1.29 is 45.7 Å². The first kappa shape index (κ1) is 34.2. The molecule has 1 amide bonds. The number of rotatable bonds is 9. The standard InChI is InChI=1S/C29H33F3N6O7S/c1-18-6-8-20(9-7-18)24-16-25(29(30,31)32)33-37(24)22-10-12-23(13-11-22)46(42,43)34-26(39)21-14-15-36(17-21)38(41)35-45-19(2)44-27(40)28(3,4)5/h6-13,16,19,21H,14-15,17H2,1-5H3,(H,34,39)/b38-35+. The van der Waals surface area contributed by atoms with E-state index >= 15 is 0 Å². The van der Waals surface area contributed by atoms with Gasteiger partial charge in [-0.05, 0) is 64.4 Å². The monoisotopic (exact) mass is 666 g/mol. The summed E-state index contributed by atoms with van der Waals surface area (Å²) in [6.07, 6.45) is -5.74. The number of esters is 1. The fraction of sp³-hybridized carbons (Fsp3) is 0.414. The zero-order valence-electron chi connectivity index (χ0n) is 25.6. The zero-order chi connectivity index (χ0) is 34.0. The first-order chi connectivity index (χ1) is 21.3. The lowest BCUT2D eigenvalue weighted by molar-refractivity contribution is -0.709. The van der Waals surface area contributed by atoms with Gasteiger partial charge in [-0.25, -0.2) is 17.8 Å². The van der Waals surface area contributed by atoms with Crippen molar-refractivity contribution >= 4 is 21.9 Å². The van der Waals surface area contributed by atoms with Gasteiger partial charge in [0.25, 0.3) is 16.3 Å². The molecular formula is C29H33F3N6O7S. The first-order valence-electron chi connectivity index (χ1n) is 14.1. The van der Waals surface area contributed by atoms with E-state index in [4.69, 9.17) is 9.57 Å². The number of sulfonamides is 1. The molecule has 1 aromatic heterocycles. The Morgan fingerprint density at radius 3 is 2.33 bits per heavy atom. The molecule has 2 aromatic carbocycles. The summed E-state index contributed by atoms with van der Waals surface area (Å²) in [5, 5.41) is 20.5. The maximum absolute atomic E-state index is 13.5. The highest BCUT2D eigenvalue weighted by Crippen LogP contribution is 2.33. The van der Waals surface area contributed by atoms with Gasteiger partial charge in [0.15, 0.2) is 5.69 Å². The molecule has 0 spiro atoms. The Labute approximate surface area is 263 Å². The Kier molecular flexibility index (Phi) is 9.65. The van der Waals surface area contributed by atoms with Gasteiger partial charge in [-0.1, -0.05) is 29.8 Å². The molecule has 3 aromatic rings. The summed E-state index contributed by atoms with van der Waals surface area (Å²) in [4.78, 5) is 29.4. The van der Waals surface area contributed by atoms with Crippen molar-refractivity contribution in [2.24, 2.45) is 16.6 Å². The second-order valence-electron chi connectivity index (χ2n) is 11.7. The summed E-state index contributed by atoms with van der Waals surface area (Å²) in [5.74, 6) is -2.32. The Bertz CT molecular complexity index is 1720. The molecular weight excluding hydrogens is 633 g/mol. The highest BCUT2D eigenvalue weighted by Gasteiger charge is 2.37. The average molecular weight is 667 g/mol. The van der Waals surface area contributed by atoms with Gasteiger partial charge >= 0.3 is 12.1 Å². The van der Waals surface area contributed by atoms with Crippen LogP contribution in [0.4, 0.5) is 13.2 Å². The smallest absolute Gasteiger partial charge is 0.435 e. The number of nitrogens with one attached hydrogen (secondary N) is 1. The largest absolute Gasteiger partial charge is 0.569 e. The van der Waals surface area contributed by atoms with Crippen LogP contribution < -0.4 is 4.72 Å². The summed E-state index contributed by atoms with van der Waals surface area (Å²) < 4.78 is 74.6. The van der Waals surface area contributed by atoms with Crippen molar-refractivity contribution in [3.8, 4) is 16.9 Å². The summed E-state index contributed by atoms with van der Waals surface area (Å²) >= 11 is 0. The van der Waals surface area contributed by atoms with Crippen molar-refractivity contribution in [1.29, 1.82) is 0 Å². The molecule has 1 N–H and O–H groups in total. The van der Waals surface area contributed by atoms with Gasteiger partial charge < -0.3 is 9.94 Å². The van der Waals surface area contributed by atoms with Crippen LogP contribution in [0.1, 0.15) is 45.4 Å². The number of carbonyl (C=O) groups is 2. The van der Waals surface area contributed by atoms with Gasteiger partial charge in [-0.3, -0.25) is 14.4 Å². The molecule has 2 atom stereocenters. The lowest BCUT2D eigenvalue weighted by Gasteiger charge is -2.19. The fourth-order valence-electron chi connectivity index (χ4n) is 4.31. The van der Waals surface area contributed by atoms with E-state index in [1.165, 1.54) is 19.1 Å². The molecule has 0 radical (unpaired) electrons. The molecule has 1 saturated heterocycles. The molecule has 0 saturated carbocycles. The van der Waals surface area contributed by atoms with Crippen molar-refractivity contribution in [2.45, 2.75) is 58.4 Å². The summed E-state index contributed by atoms with van der Waals surface area (Å²) in [6.45, 7) is 8.03. The van der Waals surface area contributed by atoms with Crippen LogP contribution in [0.2, 0.25) is 0 Å². The predicted octanol–water partition coefficient (Wildman–Crippen LogP) is 4.74. The van der Waals surface area contributed by atoms with Gasteiger partial charge in [-0.15, -0.1) is 5.01 Å². The van der Waals surface area contributed by atoms with E-state index in [-0.39, 0.29) is 40.8 Å². The van der Waals surface area contributed by atoms with Gasteiger partial charge in [-0.2, -0.15) is 18.3 Å². The van der Waals surface area contributed by atoms with Crippen LogP contribution in [0.3, 0.4) is 0 Å². The van der Waals surface area contributed by atoms with Crippen molar-refractivity contribution in [3.05, 3.63) is 71.1 Å². The molecule has 1 aliphatic heterocycles. The minimum atomic E-state index is -4.71. The van der Waals surface area contributed by atoms with Crippen LogP contribution in [0.25, 0.3) is 16.9 Å². The minimum absolute atomic E-state index is 0.0620. The second-order valence-corrected chi connectivity index (χ2v) is 13.4. The normalized spacial score (nSPS) is 16.7. The zero-order valence-corrected chi connectivity index (χ0v) is 26.4. The maximum Gasteiger partial charge on any atom is 0.435 e. The van der Waals surface area contributed by atoms with Crippen molar-refractivity contribution in [3.63, 3.8) is 0 Å². The molecule has 1 aliphatic rings. The van der Waals surface area contributed by atoms with E-state index in [9.17, 15) is 36.4 Å². The van der Waals surface area contributed by atoms with E-state index in [1.54, 1.807) is 45.0 Å². The highest BCUT2D eigenvalue weighted by molar-refractivity contribution is 7.90. The number of alkyl halides is 3. The topological polar surface area (TPSA) is 158 Å². The molecule has 1 fully saturated rings. The fourth-order valence-corrected chi connectivity index (χ4v) is 5.35. The number of benzene rings is 2. The predicted molar refractivity (Wildman–Crippen MR) is 156 cm³/mol. The molecule has 0 bridgehead atoms. The van der Waals surface area contributed by atoms with Crippen LogP contribution in [-0.4, -0.2) is 59.4 Å². The molecule has 0 aliphatic carbocycles. The molecule has 46 heavy (non-hydrogen) atoms. The number of aromatic nitrogens is 2. The average Bonchev–Trinajstić information content (AvgIpc) is 3.65. The number of nitrogens with zero attached hydrogens (tertiary/aromatic N) is 5. The Balaban J connectivity index is 1.42. The lowest BCUT2D eigenvalue weighted by Crippen LogP contribution is -2.38. The molecule has 248 valence electrons. The number of hydrazine groups is 1. The van der Waals surface area contributed by atoms with Crippen molar-refractivity contribution in [2.75, 3.05) is 13.1 Å². The third-order valence-electron chi connectivity index (χ3n) is 6.90. The van der Waals surface area contributed by atoms with E-state index in [2.05, 4.69) is 10.4 Å². The van der Waals surface area contributed by atoms with E-state index in [0.29, 0.717) is 5.56 Å². The van der Waals surface area contributed by atoms with E-state index in [1.807, 2.05) is 11.6 Å². The van der Waals surface area contributed by atoms with E-state index in [0.717, 1.165) is 33.5 Å². The number of hydrogen-bond acceptors (Lipinski definition) is 9. The first-order valence-corrected chi connectivity index (χ1v) is 15.5. The van der Waals surface area contributed by atoms with Gasteiger partial charge in [0.05, 0.1) is 45.7 Å². The third kappa shape index (κ3) is 8.13. The number of amides is 1. The van der Waals surface area contributed by atoms with Gasteiger partial charge in [0.2, 0.25) is 11.2 Å². The lowest BCUT2D eigenvalue weighted by atomic mass is 9.97. The molecule has 2 unspecified atom stereocenters. The Morgan fingerprint density at radius 1 is 1.11 bits per heavy atom. The number of aryl methyl sites for hydroxylation is 1. The number of carbonyl (C=O) groups excluding carboxylic acids is 2.